The Hall–Kier alpha value is -0.0400. The van der Waals surface area contributed by atoms with Crippen LogP contribution in [0.2, 0.25) is 0 Å². The molecule has 2 rings (SSSR count). The largest absolute Gasteiger partial charge is 0.393 e. The summed E-state index contributed by atoms with van der Waals surface area (Å²) in [5.74, 6) is 1.24. The van der Waals surface area contributed by atoms with E-state index in [1.807, 2.05) is 0 Å². The van der Waals surface area contributed by atoms with Crippen LogP contribution in [0.5, 0.6) is 0 Å². The number of rotatable bonds is 0. The van der Waals surface area contributed by atoms with Crippen molar-refractivity contribution in [3.8, 4) is 0 Å². The van der Waals surface area contributed by atoms with Crippen LogP contribution in [0.4, 0.5) is 0 Å². The van der Waals surface area contributed by atoms with Crippen LogP contribution in [0, 0.1) is 28.1 Å². The summed E-state index contributed by atoms with van der Waals surface area (Å²) in [4.78, 5) is 0. The topological polar surface area (TPSA) is 20.2 Å². The molecule has 0 saturated heterocycles. The van der Waals surface area contributed by atoms with E-state index >= 15 is 0 Å². The molecule has 0 amide bonds. The second-order valence-electron chi connectivity index (χ2n) is 7.78. The minimum absolute atomic E-state index is 0.0667. The highest BCUT2D eigenvalue weighted by molar-refractivity contribution is 5.15. The molecule has 0 spiro atoms. The highest BCUT2D eigenvalue weighted by atomic mass is 16.3. The van der Waals surface area contributed by atoms with Gasteiger partial charge in [0.15, 0.2) is 0 Å². The summed E-state index contributed by atoms with van der Waals surface area (Å²) in [6.45, 7) is 14.0. The lowest BCUT2D eigenvalue weighted by molar-refractivity contribution is -0.135. The summed E-state index contributed by atoms with van der Waals surface area (Å²) in [5, 5.41) is 10.3. The van der Waals surface area contributed by atoms with Crippen molar-refractivity contribution < 1.29 is 5.11 Å². The number of hydrogen-bond acceptors (Lipinski definition) is 1. The van der Waals surface area contributed by atoms with E-state index in [-0.39, 0.29) is 6.10 Å². The molecule has 2 aliphatic carbocycles. The van der Waals surface area contributed by atoms with E-state index in [0.29, 0.717) is 28.1 Å². The highest BCUT2D eigenvalue weighted by Gasteiger charge is 2.67. The van der Waals surface area contributed by atoms with Crippen LogP contribution in [0.3, 0.4) is 0 Å². The van der Waals surface area contributed by atoms with Gasteiger partial charge in [-0.15, -0.1) is 0 Å². The van der Waals surface area contributed by atoms with E-state index < -0.39 is 0 Å². The molecule has 15 heavy (non-hydrogen) atoms. The standard InChI is InChI=1S/C14H26O/c1-12(2,3)9-7-14(6)11(9)10(15)8-13(14,4)5/h9-11,15H,7-8H2,1-6H3. The molecular formula is C14H26O. The van der Waals surface area contributed by atoms with Crippen LogP contribution in [0.1, 0.15) is 54.4 Å². The van der Waals surface area contributed by atoms with Gasteiger partial charge in [-0.2, -0.15) is 0 Å². The van der Waals surface area contributed by atoms with E-state index in [1.54, 1.807) is 0 Å². The maximum atomic E-state index is 10.3. The fourth-order valence-corrected chi connectivity index (χ4v) is 4.15. The van der Waals surface area contributed by atoms with Crippen molar-refractivity contribution in [2.24, 2.45) is 28.1 Å². The summed E-state index contributed by atoms with van der Waals surface area (Å²) in [6, 6.07) is 0. The van der Waals surface area contributed by atoms with Crippen molar-refractivity contribution >= 4 is 0 Å². The first kappa shape index (κ1) is 11.4. The molecule has 2 saturated carbocycles. The first-order chi connectivity index (χ1) is 6.59. The zero-order chi connectivity index (χ0) is 11.6. The summed E-state index contributed by atoms with van der Waals surface area (Å²) >= 11 is 0. The Labute approximate surface area is 94.3 Å². The van der Waals surface area contributed by atoms with Gasteiger partial charge in [-0.3, -0.25) is 0 Å². The number of aliphatic hydroxyl groups excluding tert-OH is 1. The van der Waals surface area contributed by atoms with Crippen LogP contribution in [0.25, 0.3) is 0 Å². The van der Waals surface area contributed by atoms with Crippen LogP contribution in [-0.2, 0) is 0 Å². The van der Waals surface area contributed by atoms with Gasteiger partial charge in [0.1, 0.15) is 0 Å². The molecule has 4 atom stereocenters. The second kappa shape index (κ2) is 2.80. The smallest absolute Gasteiger partial charge is 0.0582 e. The average Bonchev–Trinajstić information content (AvgIpc) is 2.04. The molecule has 0 bridgehead atoms. The van der Waals surface area contributed by atoms with Crippen LogP contribution in [-0.4, -0.2) is 11.2 Å². The third kappa shape index (κ3) is 1.32. The molecule has 0 aromatic carbocycles. The van der Waals surface area contributed by atoms with Crippen molar-refractivity contribution in [1.82, 2.24) is 0 Å². The zero-order valence-corrected chi connectivity index (χ0v) is 11.1. The van der Waals surface area contributed by atoms with E-state index in [4.69, 9.17) is 0 Å². The molecular weight excluding hydrogens is 184 g/mol. The normalized spacial score (nSPS) is 48.6. The Kier molecular flexibility index (Phi) is 2.13. The Morgan fingerprint density at radius 2 is 1.60 bits per heavy atom. The van der Waals surface area contributed by atoms with Gasteiger partial charge < -0.3 is 5.11 Å². The molecule has 1 N–H and O–H groups in total. The lowest BCUT2D eigenvalue weighted by Gasteiger charge is -2.60. The van der Waals surface area contributed by atoms with Crippen molar-refractivity contribution in [3.05, 3.63) is 0 Å². The highest BCUT2D eigenvalue weighted by Crippen LogP contribution is 2.71. The quantitative estimate of drug-likeness (QED) is 0.649. The Morgan fingerprint density at radius 1 is 1.07 bits per heavy atom. The average molecular weight is 210 g/mol. The first-order valence-electron chi connectivity index (χ1n) is 6.28. The minimum Gasteiger partial charge on any atom is -0.393 e. The van der Waals surface area contributed by atoms with Gasteiger partial charge in [-0.25, -0.2) is 0 Å². The fraction of sp³-hybridized carbons (Fsp3) is 1.00. The number of hydrogen-bond donors (Lipinski definition) is 1. The van der Waals surface area contributed by atoms with E-state index in [9.17, 15) is 5.11 Å². The fourth-order valence-electron chi connectivity index (χ4n) is 4.15. The molecule has 0 heterocycles. The van der Waals surface area contributed by atoms with Crippen molar-refractivity contribution in [3.63, 3.8) is 0 Å². The summed E-state index contributed by atoms with van der Waals surface area (Å²) in [5.41, 5.74) is 1.05. The van der Waals surface area contributed by atoms with Gasteiger partial charge >= 0.3 is 0 Å². The van der Waals surface area contributed by atoms with Gasteiger partial charge in [0.25, 0.3) is 0 Å². The summed E-state index contributed by atoms with van der Waals surface area (Å²) < 4.78 is 0. The van der Waals surface area contributed by atoms with Crippen molar-refractivity contribution in [1.29, 1.82) is 0 Å². The van der Waals surface area contributed by atoms with Crippen LogP contribution in [0.15, 0.2) is 0 Å². The van der Waals surface area contributed by atoms with Gasteiger partial charge in [0.2, 0.25) is 0 Å². The van der Waals surface area contributed by atoms with E-state index in [0.717, 1.165) is 6.42 Å². The number of aliphatic hydroxyl groups is 1. The van der Waals surface area contributed by atoms with Gasteiger partial charge in [-0.05, 0) is 40.9 Å². The molecule has 0 aromatic rings. The number of fused-ring (bicyclic) bond motifs is 1. The minimum atomic E-state index is -0.0667. The van der Waals surface area contributed by atoms with Crippen molar-refractivity contribution in [2.75, 3.05) is 0 Å². The Balaban J connectivity index is 2.26. The third-order valence-electron chi connectivity index (χ3n) is 5.61. The Bertz CT molecular complexity index is 274. The molecule has 0 aliphatic heterocycles. The van der Waals surface area contributed by atoms with Gasteiger partial charge in [0.05, 0.1) is 6.10 Å². The third-order valence-corrected chi connectivity index (χ3v) is 5.61. The SMILES string of the molecule is CC(C)(C)C1CC2(C)C1C(O)CC2(C)C. The van der Waals surface area contributed by atoms with Gasteiger partial charge in [0, 0.05) is 0 Å². The molecule has 0 aromatic heterocycles. The zero-order valence-electron chi connectivity index (χ0n) is 11.1. The molecule has 88 valence electrons. The molecule has 2 aliphatic rings. The summed E-state index contributed by atoms with van der Waals surface area (Å²) in [6.07, 6.45) is 2.22. The molecule has 1 heteroatoms. The molecule has 1 nitrogen and oxygen atoms in total. The summed E-state index contributed by atoms with van der Waals surface area (Å²) in [7, 11) is 0. The lowest BCUT2D eigenvalue weighted by Crippen LogP contribution is -2.55. The Morgan fingerprint density at radius 3 is 2.00 bits per heavy atom. The predicted octanol–water partition coefficient (Wildman–Crippen LogP) is 3.47. The van der Waals surface area contributed by atoms with Crippen LogP contribution < -0.4 is 0 Å². The molecule has 0 radical (unpaired) electrons. The maximum Gasteiger partial charge on any atom is 0.0582 e. The molecule has 4 unspecified atom stereocenters. The van der Waals surface area contributed by atoms with Crippen LogP contribution >= 0.6 is 0 Å². The maximum absolute atomic E-state index is 10.3. The van der Waals surface area contributed by atoms with E-state index in [2.05, 4.69) is 41.5 Å². The van der Waals surface area contributed by atoms with Crippen molar-refractivity contribution in [2.45, 2.75) is 60.5 Å². The molecule has 2 fully saturated rings. The second-order valence-corrected chi connectivity index (χ2v) is 7.78. The predicted molar refractivity (Wildman–Crippen MR) is 63.6 cm³/mol. The lowest BCUT2D eigenvalue weighted by atomic mass is 9.45. The monoisotopic (exact) mass is 210 g/mol. The van der Waals surface area contributed by atoms with E-state index in [1.165, 1.54) is 6.42 Å². The first-order valence-corrected chi connectivity index (χ1v) is 6.28. The van der Waals surface area contributed by atoms with Gasteiger partial charge in [-0.1, -0.05) is 41.5 Å².